The fourth-order valence-corrected chi connectivity index (χ4v) is 1.91. The monoisotopic (exact) mass is 265 g/mol. The highest BCUT2D eigenvalue weighted by molar-refractivity contribution is 5.75. The van der Waals surface area contributed by atoms with Crippen LogP contribution in [0.4, 0.5) is 0 Å². The minimum atomic E-state index is -0.0142. The van der Waals surface area contributed by atoms with Crippen LogP contribution in [0.25, 0.3) is 0 Å². The third-order valence-electron chi connectivity index (χ3n) is 3.03. The van der Waals surface area contributed by atoms with Crippen molar-refractivity contribution in [3.63, 3.8) is 0 Å². The second-order valence-electron chi connectivity index (χ2n) is 4.43. The van der Waals surface area contributed by atoms with Crippen LogP contribution in [0.2, 0.25) is 0 Å². The molecule has 4 heteroatoms. The molecule has 106 valence electrons. The maximum Gasteiger partial charge on any atom is 0.220 e. The van der Waals surface area contributed by atoms with Gasteiger partial charge in [0.05, 0.1) is 7.11 Å². The molecule has 0 radical (unpaired) electrons. The van der Waals surface area contributed by atoms with Crippen LogP contribution in [0.5, 0.6) is 5.75 Å². The molecule has 1 rings (SSSR count). The van der Waals surface area contributed by atoms with E-state index in [-0.39, 0.29) is 12.5 Å². The summed E-state index contributed by atoms with van der Waals surface area (Å²) in [6, 6.07) is 6.16. The Morgan fingerprint density at radius 1 is 1.42 bits per heavy atom. The van der Waals surface area contributed by atoms with Gasteiger partial charge >= 0.3 is 0 Å². The number of ether oxygens (including phenoxy) is 1. The first-order chi connectivity index (χ1) is 9.21. The van der Waals surface area contributed by atoms with Gasteiger partial charge in [0.1, 0.15) is 5.75 Å². The van der Waals surface area contributed by atoms with Gasteiger partial charge in [0, 0.05) is 19.6 Å². The number of carbonyl (C=O) groups excluding carboxylic acids is 1. The van der Waals surface area contributed by atoms with E-state index in [2.05, 4.69) is 24.4 Å². The highest BCUT2D eigenvalue weighted by atomic mass is 16.5. The lowest BCUT2D eigenvalue weighted by atomic mass is 10.1. The zero-order chi connectivity index (χ0) is 14.1. The van der Waals surface area contributed by atoms with E-state index in [0.29, 0.717) is 19.4 Å². The number of hydrogen-bond acceptors (Lipinski definition) is 3. The molecule has 0 saturated heterocycles. The van der Waals surface area contributed by atoms with Crippen molar-refractivity contribution in [3.8, 4) is 5.75 Å². The molecule has 2 N–H and O–H groups in total. The summed E-state index contributed by atoms with van der Waals surface area (Å²) < 4.78 is 5.32. The smallest absolute Gasteiger partial charge is 0.220 e. The molecule has 0 fully saturated rings. The molecule has 0 bridgehead atoms. The number of rotatable bonds is 8. The van der Waals surface area contributed by atoms with Crippen LogP contribution < -0.4 is 10.1 Å². The molecule has 0 aliphatic carbocycles. The van der Waals surface area contributed by atoms with Gasteiger partial charge in [0.2, 0.25) is 5.91 Å². The maximum atomic E-state index is 11.4. The lowest BCUT2D eigenvalue weighted by molar-refractivity contribution is -0.121. The van der Waals surface area contributed by atoms with Gasteiger partial charge in [-0.3, -0.25) is 4.79 Å². The van der Waals surface area contributed by atoms with Crippen LogP contribution in [0.1, 0.15) is 30.9 Å². The van der Waals surface area contributed by atoms with Crippen molar-refractivity contribution in [1.29, 1.82) is 0 Å². The number of hydrogen-bond donors (Lipinski definition) is 2. The summed E-state index contributed by atoms with van der Waals surface area (Å²) in [4.78, 5) is 11.4. The molecule has 0 aliphatic heterocycles. The molecule has 1 aromatic carbocycles. The van der Waals surface area contributed by atoms with Gasteiger partial charge in [0.15, 0.2) is 0 Å². The van der Waals surface area contributed by atoms with Gasteiger partial charge in [-0.1, -0.05) is 19.1 Å². The van der Waals surface area contributed by atoms with E-state index in [9.17, 15) is 4.79 Å². The third-order valence-corrected chi connectivity index (χ3v) is 3.03. The van der Waals surface area contributed by atoms with E-state index in [1.165, 1.54) is 5.56 Å². The van der Waals surface area contributed by atoms with Crippen molar-refractivity contribution in [2.24, 2.45) is 0 Å². The topological polar surface area (TPSA) is 58.6 Å². The molecular weight excluding hydrogens is 242 g/mol. The molecule has 1 aromatic rings. The van der Waals surface area contributed by atoms with E-state index < -0.39 is 0 Å². The predicted octanol–water partition coefficient (Wildman–Crippen LogP) is 1.69. The van der Waals surface area contributed by atoms with Crippen molar-refractivity contribution in [2.45, 2.75) is 32.6 Å². The van der Waals surface area contributed by atoms with Crippen molar-refractivity contribution >= 4 is 5.91 Å². The number of aliphatic hydroxyl groups is 1. The molecule has 0 atom stereocenters. The summed E-state index contributed by atoms with van der Waals surface area (Å²) in [7, 11) is 1.66. The zero-order valence-electron chi connectivity index (χ0n) is 11.7. The molecule has 1 amide bonds. The van der Waals surface area contributed by atoms with E-state index in [4.69, 9.17) is 9.84 Å². The SMILES string of the molecule is CCc1ccc(OC)c(CCNC(=O)CCCO)c1. The fourth-order valence-electron chi connectivity index (χ4n) is 1.91. The quantitative estimate of drug-likeness (QED) is 0.752. The summed E-state index contributed by atoms with van der Waals surface area (Å²) in [5.74, 6) is 0.849. The molecule has 0 spiro atoms. The number of aliphatic hydroxyl groups excluding tert-OH is 1. The highest BCUT2D eigenvalue weighted by Crippen LogP contribution is 2.20. The van der Waals surface area contributed by atoms with Gasteiger partial charge in [-0.15, -0.1) is 0 Å². The van der Waals surface area contributed by atoms with Gasteiger partial charge in [-0.2, -0.15) is 0 Å². The van der Waals surface area contributed by atoms with Gasteiger partial charge in [-0.05, 0) is 36.5 Å². The predicted molar refractivity (Wildman–Crippen MR) is 75.4 cm³/mol. The second kappa shape index (κ2) is 8.53. The lowest BCUT2D eigenvalue weighted by Gasteiger charge is -2.11. The first-order valence-electron chi connectivity index (χ1n) is 6.74. The standard InChI is InChI=1S/C15H23NO3/c1-3-12-6-7-14(19-2)13(11-12)8-9-16-15(18)5-4-10-17/h6-7,11,17H,3-5,8-10H2,1-2H3,(H,16,18). The van der Waals surface area contributed by atoms with Crippen LogP contribution in [-0.4, -0.2) is 31.3 Å². The Labute approximate surface area is 114 Å². The van der Waals surface area contributed by atoms with Crippen LogP contribution in [0, 0.1) is 0 Å². The highest BCUT2D eigenvalue weighted by Gasteiger charge is 2.05. The summed E-state index contributed by atoms with van der Waals surface area (Å²) in [5, 5.41) is 11.5. The van der Waals surface area contributed by atoms with Gasteiger partial charge in [-0.25, -0.2) is 0 Å². The summed E-state index contributed by atoms with van der Waals surface area (Å²) in [6.45, 7) is 2.76. The Morgan fingerprint density at radius 2 is 2.21 bits per heavy atom. The van der Waals surface area contributed by atoms with Crippen LogP contribution in [0.15, 0.2) is 18.2 Å². The molecule has 4 nitrogen and oxygen atoms in total. The normalized spacial score (nSPS) is 10.3. The first kappa shape index (κ1) is 15.5. The lowest BCUT2D eigenvalue weighted by Crippen LogP contribution is -2.25. The number of nitrogens with one attached hydrogen (secondary N) is 1. The van der Waals surface area contributed by atoms with Crippen molar-refractivity contribution in [3.05, 3.63) is 29.3 Å². The molecule has 0 heterocycles. The first-order valence-corrected chi connectivity index (χ1v) is 6.74. The Kier molecular flexibility index (Phi) is 6.97. The number of carbonyl (C=O) groups is 1. The molecular formula is C15H23NO3. The summed E-state index contributed by atoms with van der Waals surface area (Å²) >= 11 is 0. The van der Waals surface area contributed by atoms with Crippen LogP contribution in [0.3, 0.4) is 0 Å². The van der Waals surface area contributed by atoms with Crippen LogP contribution >= 0.6 is 0 Å². The van der Waals surface area contributed by atoms with Gasteiger partial charge < -0.3 is 15.2 Å². The zero-order valence-corrected chi connectivity index (χ0v) is 11.7. The van der Waals surface area contributed by atoms with E-state index >= 15 is 0 Å². The summed E-state index contributed by atoms with van der Waals surface area (Å²) in [5.41, 5.74) is 2.38. The Balaban J connectivity index is 2.49. The largest absolute Gasteiger partial charge is 0.496 e. The molecule has 0 aliphatic rings. The average Bonchev–Trinajstić information content (AvgIpc) is 2.44. The molecule has 19 heavy (non-hydrogen) atoms. The molecule has 0 unspecified atom stereocenters. The Bertz CT molecular complexity index is 404. The molecule has 0 saturated carbocycles. The number of benzene rings is 1. The van der Waals surface area contributed by atoms with E-state index in [1.54, 1.807) is 7.11 Å². The maximum absolute atomic E-state index is 11.4. The minimum absolute atomic E-state index is 0.0142. The van der Waals surface area contributed by atoms with Crippen molar-refractivity contribution in [1.82, 2.24) is 5.32 Å². The average molecular weight is 265 g/mol. The van der Waals surface area contributed by atoms with Crippen molar-refractivity contribution < 1.29 is 14.6 Å². The fraction of sp³-hybridized carbons (Fsp3) is 0.533. The second-order valence-corrected chi connectivity index (χ2v) is 4.43. The minimum Gasteiger partial charge on any atom is -0.496 e. The van der Waals surface area contributed by atoms with Crippen LogP contribution in [-0.2, 0) is 17.6 Å². The van der Waals surface area contributed by atoms with Crippen molar-refractivity contribution in [2.75, 3.05) is 20.3 Å². The Hall–Kier alpha value is -1.55. The molecule has 0 aromatic heterocycles. The number of methoxy groups -OCH3 is 1. The number of aryl methyl sites for hydroxylation is 1. The Morgan fingerprint density at radius 3 is 2.84 bits per heavy atom. The van der Waals surface area contributed by atoms with E-state index in [0.717, 1.165) is 24.2 Å². The van der Waals surface area contributed by atoms with E-state index in [1.807, 2.05) is 6.07 Å². The number of amides is 1. The third kappa shape index (κ3) is 5.30. The van der Waals surface area contributed by atoms with Gasteiger partial charge in [0.25, 0.3) is 0 Å². The summed E-state index contributed by atoms with van der Waals surface area (Å²) in [6.07, 6.45) is 2.63.